The van der Waals surface area contributed by atoms with Crippen molar-refractivity contribution in [1.29, 1.82) is 0 Å². The Balaban J connectivity index is 1.48. The maximum atomic E-state index is 12.5. The van der Waals surface area contributed by atoms with E-state index in [1.165, 1.54) is 4.90 Å². The second kappa shape index (κ2) is 8.52. The van der Waals surface area contributed by atoms with Crippen LogP contribution in [-0.2, 0) is 0 Å². The van der Waals surface area contributed by atoms with Crippen molar-refractivity contribution in [2.45, 2.75) is 31.1 Å². The van der Waals surface area contributed by atoms with E-state index in [4.69, 9.17) is 11.6 Å². The molecule has 27 heavy (non-hydrogen) atoms. The summed E-state index contributed by atoms with van der Waals surface area (Å²) in [5.74, 6) is 1.39. The smallest absolute Gasteiger partial charge is 0.353 e. The molecule has 0 amide bonds. The van der Waals surface area contributed by atoms with E-state index in [2.05, 4.69) is 25.5 Å². The molecule has 1 aromatic heterocycles. The summed E-state index contributed by atoms with van der Waals surface area (Å²) >= 11 is 6.21. The largest absolute Gasteiger partial charge is 0.401 e. The third-order valence-corrected chi connectivity index (χ3v) is 5.10. The van der Waals surface area contributed by atoms with Gasteiger partial charge in [0.15, 0.2) is 5.96 Å². The first-order valence-electron chi connectivity index (χ1n) is 8.98. The number of anilines is 1. The lowest BCUT2D eigenvalue weighted by Gasteiger charge is -2.22. The number of alkyl halides is 3. The van der Waals surface area contributed by atoms with Gasteiger partial charge in [0.2, 0.25) is 0 Å². The minimum atomic E-state index is -4.16. The van der Waals surface area contributed by atoms with E-state index in [-0.39, 0.29) is 12.1 Å². The van der Waals surface area contributed by atoms with Crippen molar-refractivity contribution in [2.24, 2.45) is 4.99 Å². The Morgan fingerprint density at radius 3 is 2.63 bits per heavy atom. The number of hydrogen-bond donors (Lipinski definition) is 2. The SMILES string of the molecule is CN=C(NC1CCN(CC(F)(F)F)C1)NC1CCN(c2ncccc2Cl)C1. The van der Waals surface area contributed by atoms with Crippen molar-refractivity contribution >= 4 is 23.4 Å². The molecular weight excluding hydrogens is 381 g/mol. The highest BCUT2D eigenvalue weighted by Crippen LogP contribution is 2.25. The van der Waals surface area contributed by atoms with Crippen molar-refractivity contribution in [3.63, 3.8) is 0 Å². The van der Waals surface area contributed by atoms with Crippen molar-refractivity contribution in [1.82, 2.24) is 20.5 Å². The van der Waals surface area contributed by atoms with Gasteiger partial charge >= 0.3 is 6.18 Å². The van der Waals surface area contributed by atoms with Crippen LogP contribution in [0.15, 0.2) is 23.3 Å². The summed E-state index contributed by atoms with van der Waals surface area (Å²) in [5.41, 5.74) is 0. The molecule has 3 heterocycles. The van der Waals surface area contributed by atoms with Crippen LogP contribution in [0.2, 0.25) is 5.02 Å². The summed E-state index contributed by atoms with van der Waals surface area (Å²) in [6.07, 6.45) is -0.875. The average molecular weight is 405 g/mol. The number of halogens is 4. The molecule has 6 nitrogen and oxygen atoms in total. The molecule has 3 rings (SSSR count). The van der Waals surface area contributed by atoms with E-state index < -0.39 is 12.7 Å². The lowest BCUT2D eigenvalue weighted by Crippen LogP contribution is -2.49. The Hall–Kier alpha value is -1.74. The summed E-state index contributed by atoms with van der Waals surface area (Å²) in [6.45, 7) is 1.50. The number of guanidine groups is 1. The monoisotopic (exact) mass is 404 g/mol. The van der Waals surface area contributed by atoms with Crippen LogP contribution in [0.5, 0.6) is 0 Å². The van der Waals surface area contributed by atoms with Crippen LogP contribution in [0.25, 0.3) is 0 Å². The zero-order valence-electron chi connectivity index (χ0n) is 15.1. The normalized spacial score (nSPS) is 24.5. The van der Waals surface area contributed by atoms with E-state index in [0.29, 0.717) is 30.5 Å². The molecule has 0 spiro atoms. The molecule has 10 heteroatoms. The Labute approximate surface area is 161 Å². The molecule has 150 valence electrons. The molecule has 0 radical (unpaired) electrons. The fourth-order valence-electron chi connectivity index (χ4n) is 3.59. The van der Waals surface area contributed by atoms with Crippen molar-refractivity contribution in [3.05, 3.63) is 23.4 Å². The molecule has 2 saturated heterocycles. The van der Waals surface area contributed by atoms with Crippen LogP contribution in [0.3, 0.4) is 0 Å². The number of hydrogen-bond acceptors (Lipinski definition) is 4. The number of pyridine rings is 1. The van der Waals surface area contributed by atoms with Gasteiger partial charge in [-0.05, 0) is 25.0 Å². The zero-order valence-corrected chi connectivity index (χ0v) is 15.9. The van der Waals surface area contributed by atoms with Gasteiger partial charge in [0.05, 0.1) is 11.6 Å². The van der Waals surface area contributed by atoms with Gasteiger partial charge in [-0.25, -0.2) is 4.98 Å². The van der Waals surface area contributed by atoms with Crippen LogP contribution in [0.1, 0.15) is 12.8 Å². The first-order valence-corrected chi connectivity index (χ1v) is 9.36. The topological polar surface area (TPSA) is 55.8 Å². The molecule has 1 aromatic rings. The molecule has 0 bridgehead atoms. The number of aromatic nitrogens is 1. The Kier molecular flexibility index (Phi) is 6.31. The zero-order chi connectivity index (χ0) is 19.4. The first-order chi connectivity index (χ1) is 12.8. The van der Waals surface area contributed by atoms with Crippen LogP contribution in [0.4, 0.5) is 19.0 Å². The molecule has 2 aliphatic heterocycles. The number of nitrogens with zero attached hydrogens (tertiary/aromatic N) is 4. The van der Waals surface area contributed by atoms with Gasteiger partial charge in [-0.2, -0.15) is 13.2 Å². The maximum Gasteiger partial charge on any atom is 0.401 e. The third kappa shape index (κ3) is 5.62. The second-order valence-electron chi connectivity index (χ2n) is 6.94. The molecule has 2 N–H and O–H groups in total. The van der Waals surface area contributed by atoms with Crippen LogP contribution < -0.4 is 15.5 Å². The van der Waals surface area contributed by atoms with E-state index in [1.54, 1.807) is 19.3 Å². The Bertz CT molecular complexity index is 668. The third-order valence-electron chi connectivity index (χ3n) is 4.81. The number of aliphatic imine (C=N–C) groups is 1. The number of rotatable bonds is 4. The fourth-order valence-corrected chi connectivity index (χ4v) is 3.83. The standard InChI is InChI=1S/C17H24ClF3N6/c1-22-16(24-12-4-7-26(9-12)11-17(19,20)21)25-13-5-8-27(10-13)15-14(18)3-2-6-23-15/h2-3,6,12-13H,4-5,7-11H2,1H3,(H2,22,24,25). The maximum absolute atomic E-state index is 12.5. The molecule has 0 saturated carbocycles. The van der Waals surface area contributed by atoms with Gasteiger partial charge in [0.1, 0.15) is 5.82 Å². The molecule has 2 atom stereocenters. The molecule has 0 aliphatic carbocycles. The van der Waals surface area contributed by atoms with Gasteiger partial charge in [-0.3, -0.25) is 9.89 Å². The highest BCUT2D eigenvalue weighted by Gasteiger charge is 2.34. The van der Waals surface area contributed by atoms with Gasteiger partial charge in [-0.1, -0.05) is 11.6 Å². The van der Waals surface area contributed by atoms with Crippen LogP contribution in [0, 0.1) is 0 Å². The number of likely N-dealkylation sites (tertiary alicyclic amines) is 1. The summed E-state index contributed by atoms with van der Waals surface area (Å²) in [5, 5.41) is 7.23. The van der Waals surface area contributed by atoms with Gasteiger partial charge in [-0.15, -0.1) is 0 Å². The van der Waals surface area contributed by atoms with E-state index in [1.807, 2.05) is 6.07 Å². The average Bonchev–Trinajstić information content (AvgIpc) is 3.23. The van der Waals surface area contributed by atoms with E-state index >= 15 is 0 Å². The molecule has 2 fully saturated rings. The summed E-state index contributed by atoms with van der Waals surface area (Å²) in [7, 11) is 1.67. The quantitative estimate of drug-likeness (QED) is 0.594. The lowest BCUT2D eigenvalue weighted by molar-refractivity contribution is -0.143. The minimum absolute atomic E-state index is 0.0405. The van der Waals surface area contributed by atoms with Crippen molar-refractivity contribution in [3.8, 4) is 0 Å². The first kappa shape index (κ1) is 20.0. The summed E-state index contributed by atoms with van der Waals surface area (Å²) in [4.78, 5) is 12.1. The van der Waals surface area contributed by atoms with Gasteiger partial charge in [0, 0.05) is 51.5 Å². The molecule has 2 aliphatic rings. The minimum Gasteiger partial charge on any atom is -0.353 e. The summed E-state index contributed by atoms with van der Waals surface area (Å²) < 4.78 is 37.6. The van der Waals surface area contributed by atoms with Gasteiger partial charge < -0.3 is 15.5 Å². The van der Waals surface area contributed by atoms with Crippen molar-refractivity contribution in [2.75, 3.05) is 44.7 Å². The highest BCUT2D eigenvalue weighted by molar-refractivity contribution is 6.32. The van der Waals surface area contributed by atoms with Crippen molar-refractivity contribution < 1.29 is 13.2 Å². The van der Waals surface area contributed by atoms with Crippen LogP contribution >= 0.6 is 11.6 Å². The van der Waals surface area contributed by atoms with Gasteiger partial charge in [0.25, 0.3) is 0 Å². The van der Waals surface area contributed by atoms with E-state index in [9.17, 15) is 13.2 Å². The molecular formula is C17H24ClF3N6. The Morgan fingerprint density at radius 2 is 1.96 bits per heavy atom. The summed E-state index contributed by atoms with van der Waals surface area (Å²) in [6, 6.07) is 3.74. The Morgan fingerprint density at radius 1 is 1.26 bits per heavy atom. The fraction of sp³-hybridized carbons (Fsp3) is 0.647. The predicted octanol–water partition coefficient (Wildman–Crippen LogP) is 2.12. The lowest BCUT2D eigenvalue weighted by atomic mass is 10.2. The molecule has 2 unspecified atom stereocenters. The molecule has 0 aromatic carbocycles. The van der Waals surface area contributed by atoms with E-state index in [0.717, 1.165) is 25.3 Å². The predicted molar refractivity (Wildman–Crippen MR) is 100 cm³/mol. The van der Waals surface area contributed by atoms with Crippen LogP contribution in [-0.4, -0.2) is 73.9 Å². The second-order valence-corrected chi connectivity index (χ2v) is 7.34. The highest BCUT2D eigenvalue weighted by atomic mass is 35.5. The number of nitrogens with one attached hydrogen (secondary N) is 2.